The lowest BCUT2D eigenvalue weighted by Gasteiger charge is -2.28. The Kier molecular flexibility index (Phi) is 5.42. The second-order valence-corrected chi connectivity index (χ2v) is 6.08. The third-order valence-electron chi connectivity index (χ3n) is 4.42. The lowest BCUT2D eigenvalue weighted by molar-refractivity contribution is 0.0751. The number of hydrogen-bond acceptors (Lipinski definition) is 6. The zero-order valence-electron chi connectivity index (χ0n) is 13.8. The minimum Gasteiger partial charge on any atom is -0.497 e. The zero-order chi connectivity index (χ0) is 16.9. The second-order valence-electron chi connectivity index (χ2n) is 6.08. The molecule has 0 radical (unpaired) electrons. The zero-order valence-corrected chi connectivity index (χ0v) is 13.8. The quantitative estimate of drug-likeness (QED) is 0.744. The molecule has 0 aliphatic carbocycles. The molecule has 0 spiro atoms. The number of hydrogen-bond donors (Lipinski definition) is 3. The van der Waals surface area contributed by atoms with Crippen LogP contribution in [0, 0.1) is 5.92 Å². The molecular weight excluding hydrogens is 312 g/mol. The standard InChI is InChI=1S/C17H24N2O5/c1-22-12-7-13(16-15(8-12)23-5-2-6-24-16)17(21)19-9-11-3-4-18-10-14(11)20/h7-8,11,14,18,20H,2-6,9-10H2,1H3,(H,19,21)/t11-,14+/m0/s1. The average Bonchev–Trinajstić information content (AvgIpc) is 2.85. The number of benzene rings is 1. The van der Waals surface area contributed by atoms with Crippen molar-refractivity contribution in [1.82, 2.24) is 10.6 Å². The summed E-state index contributed by atoms with van der Waals surface area (Å²) >= 11 is 0. The summed E-state index contributed by atoms with van der Waals surface area (Å²) in [6, 6.07) is 3.38. The number of nitrogens with one attached hydrogen (secondary N) is 2. The van der Waals surface area contributed by atoms with Gasteiger partial charge in [-0.25, -0.2) is 0 Å². The maximum atomic E-state index is 12.6. The third-order valence-corrected chi connectivity index (χ3v) is 4.42. The van der Waals surface area contributed by atoms with Gasteiger partial charge < -0.3 is 30.0 Å². The molecule has 0 aromatic heterocycles. The Balaban J connectivity index is 1.75. The van der Waals surface area contributed by atoms with Crippen molar-refractivity contribution in [3.05, 3.63) is 17.7 Å². The molecule has 1 saturated heterocycles. The van der Waals surface area contributed by atoms with E-state index in [2.05, 4.69) is 10.6 Å². The van der Waals surface area contributed by atoms with Crippen molar-refractivity contribution in [2.45, 2.75) is 18.9 Å². The summed E-state index contributed by atoms with van der Waals surface area (Å²) in [5.74, 6) is 1.33. The normalized spacial score (nSPS) is 23.2. The van der Waals surface area contributed by atoms with Gasteiger partial charge in [0.15, 0.2) is 11.5 Å². The van der Waals surface area contributed by atoms with Gasteiger partial charge in [0.1, 0.15) is 5.75 Å². The molecule has 7 nitrogen and oxygen atoms in total. The Bertz CT molecular complexity index is 593. The Morgan fingerprint density at radius 1 is 1.42 bits per heavy atom. The van der Waals surface area contributed by atoms with E-state index in [1.165, 1.54) is 0 Å². The molecule has 1 fully saturated rings. The smallest absolute Gasteiger partial charge is 0.255 e. The molecule has 1 aromatic rings. The van der Waals surface area contributed by atoms with Crippen LogP contribution in [0.4, 0.5) is 0 Å². The van der Waals surface area contributed by atoms with Gasteiger partial charge in [0.2, 0.25) is 0 Å². The van der Waals surface area contributed by atoms with Crippen LogP contribution >= 0.6 is 0 Å². The van der Waals surface area contributed by atoms with E-state index in [0.29, 0.717) is 49.1 Å². The van der Waals surface area contributed by atoms with Gasteiger partial charge in [-0.15, -0.1) is 0 Å². The third kappa shape index (κ3) is 3.73. The van der Waals surface area contributed by atoms with Gasteiger partial charge in [-0.1, -0.05) is 0 Å². The molecule has 3 rings (SSSR count). The van der Waals surface area contributed by atoms with E-state index in [1.807, 2.05) is 0 Å². The molecule has 2 aliphatic heterocycles. The van der Waals surface area contributed by atoms with E-state index in [9.17, 15) is 9.90 Å². The first-order chi connectivity index (χ1) is 11.7. The van der Waals surface area contributed by atoms with E-state index >= 15 is 0 Å². The van der Waals surface area contributed by atoms with Gasteiger partial charge >= 0.3 is 0 Å². The summed E-state index contributed by atoms with van der Waals surface area (Å²) in [6.45, 7) is 2.89. The van der Waals surface area contributed by atoms with Crippen LogP contribution in [-0.2, 0) is 0 Å². The molecule has 1 aromatic carbocycles. The average molecular weight is 336 g/mol. The minimum atomic E-state index is -0.443. The number of rotatable bonds is 4. The minimum absolute atomic E-state index is 0.0524. The van der Waals surface area contributed by atoms with E-state index in [1.54, 1.807) is 19.2 Å². The fourth-order valence-corrected chi connectivity index (χ4v) is 2.99. The largest absolute Gasteiger partial charge is 0.497 e. The molecule has 24 heavy (non-hydrogen) atoms. The molecule has 0 saturated carbocycles. The van der Waals surface area contributed by atoms with Gasteiger partial charge in [-0.05, 0) is 19.0 Å². The highest BCUT2D eigenvalue weighted by Gasteiger charge is 2.25. The monoisotopic (exact) mass is 336 g/mol. The Hall–Kier alpha value is -1.99. The van der Waals surface area contributed by atoms with Crippen molar-refractivity contribution in [3.63, 3.8) is 0 Å². The van der Waals surface area contributed by atoms with Crippen molar-refractivity contribution in [2.24, 2.45) is 5.92 Å². The van der Waals surface area contributed by atoms with Gasteiger partial charge in [-0.2, -0.15) is 0 Å². The SMILES string of the molecule is COc1cc2c(c(C(=O)NC[C@@H]3CCNC[C@H]3O)c1)OCCCO2. The van der Waals surface area contributed by atoms with Gasteiger partial charge in [0, 0.05) is 31.5 Å². The van der Waals surface area contributed by atoms with Crippen LogP contribution < -0.4 is 24.8 Å². The number of amides is 1. The highest BCUT2D eigenvalue weighted by atomic mass is 16.5. The van der Waals surface area contributed by atoms with Crippen LogP contribution in [0.3, 0.4) is 0 Å². The predicted octanol–water partition coefficient (Wildman–Crippen LogP) is 0.557. The number of aliphatic hydroxyl groups is 1. The summed E-state index contributed by atoms with van der Waals surface area (Å²) in [4.78, 5) is 12.6. The fraction of sp³-hybridized carbons (Fsp3) is 0.588. The Labute approximate surface area is 141 Å². The van der Waals surface area contributed by atoms with Crippen LogP contribution in [0.25, 0.3) is 0 Å². The first-order valence-corrected chi connectivity index (χ1v) is 8.33. The Morgan fingerprint density at radius 2 is 2.25 bits per heavy atom. The van der Waals surface area contributed by atoms with Gasteiger partial charge in [-0.3, -0.25) is 4.79 Å². The topological polar surface area (TPSA) is 89.1 Å². The summed E-state index contributed by atoms with van der Waals surface area (Å²) in [5, 5.41) is 16.0. The van der Waals surface area contributed by atoms with Crippen LogP contribution in [0.2, 0.25) is 0 Å². The van der Waals surface area contributed by atoms with Gasteiger partial charge in [0.05, 0.1) is 32.0 Å². The number of ether oxygens (including phenoxy) is 3. The highest BCUT2D eigenvalue weighted by molar-refractivity contribution is 5.98. The van der Waals surface area contributed by atoms with Crippen LogP contribution in [0.1, 0.15) is 23.2 Å². The molecule has 2 aliphatic rings. The van der Waals surface area contributed by atoms with Gasteiger partial charge in [0.25, 0.3) is 5.91 Å². The van der Waals surface area contributed by atoms with E-state index in [-0.39, 0.29) is 11.8 Å². The number of piperidine rings is 1. The highest BCUT2D eigenvalue weighted by Crippen LogP contribution is 2.37. The molecule has 7 heteroatoms. The molecular formula is C17H24N2O5. The molecule has 0 unspecified atom stereocenters. The number of fused-ring (bicyclic) bond motifs is 1. The van der Waals surface area contributed by atoms with Crippen molar-refractivity contribution < 1.29 is 24.1 Å². The maximum Gasteiger partial charge on any atom is 0.255 e. The van der Waals surface area contributed by atoms with E-state index in [4.69, 9.17) is 14.2 Å². The van der Waals surface area contributed by atoms with Crippen LogP contribution in [-0.4, -0.2) is 57.1 Å². The molecule has 132 valence electrons. The van der Waals surface area contributed by atoms with Crippen LogP contribution in [0.15, 0.2) is 12.1 Å². The first kappa shape index (κ1) is 16.9. The maximum absolute atomic E-state index is 12.6. The van der Waals surface area contributed by atoms with E-state index in [0.717, 1.165) is 19.4 Å². The summed E-state index contributed by atoms with van der Waals surface area (Å²) < 4.78 is 16.6. The van der Waals surface area contributed by atoms with E-state index < -0.39 is 6.10 Å². The summed E-state index contributed by atoms with van der Waals surface area (Å²) in [5.41, 5.74) is 0.398. The van der Waals surface area contributed by atoms with Crippen molar-refractivity contribution >= 4 is 5.91 Å². The molecule has 0 bridgehead atoms. The Morgan fingerprint density at radius 3 is 3.04 bits per heavy atom. The van der Waals surface area contributed by atoms with Crippen molar-refractivity contribution in [1.29, 1.82) is 0 Å². The molecule has 2 heterocycles. The van der Waals surface area contributed by atoms with Crippen molar-refractivity contribution in [2.75, 3.05) is 40.0 Å². The number of carbonyl (C=O) groups is 1. The summed E-state index contributed by atoms with van der Waals surface area (Å²) in [6.07, 6.45) is 1.15. The molecule has 2 atom stereocenters. The fourth-order valence-electron chi connectivity index (χ4n) is 2.99. The lowest BCUT2D eigenvalue weighted by atomic mass is 9.95. The second kappa shape index (κ2) is 7.72. The number of carbonyl (C=O) groups excluding carboxylic acids is 1. The predicted molar refractivity (Wildman–Crippen MR) is 87.9 cm³/mol. The van der Waals surface area contributed by atoms with Crippen molar-refractivity contribution in [3.8, 4) is 17.2 Å². The number of β-amino-alcohol motifs (C(OH)–C–C–N with tert-alkyl or cyclic N) is 1. The number of aliphatic hydroxyl groups excluding tert-OH is 1. The van der Waals surface area contributed by atoms with Crippen LogP contribution in [0.5, 0.6) is 17.2 Å². The first-order valence-electron chi connectivity index (χ1n) is 8.33. The summed E-state index contributed by atoms with van der Waals surface area (Å²) in [7, 11) is 1.55. The lowest BCUT2D eigenvalue weighted by Crippen LogP contribution is -2.45. The molecule has 1 amide bonds. The number of methoxy groups -OCH3 is 1. The molecule has 3 N–H and O–H groups in total.